The van der Waals surface area contributed by atoms with Gasteiger partial charge in [-0.05, 0) is 25.7 Å². The molecule has 124 valence electrons. The van der Waals surface area contributed by atoms with Crippen molar-refractivity contribution in [3.05, 3.63) is 24.8 Å². The van der Waals surface area contributed by atoms with Gasteiger partial charge in [0.2, 0.25) is 0 Å². The van der Waals surface area contributed by atoms with E-state index in [4.69, 9.17) is 9.47 Å². The second-order valence-electron chi connectivity index (χ2n) is 5.68. The first-order valence-electron chi connectivity index (χ1n) is 8.68. The molecular weight excluding hydrogens is 260 g/mol. The Hall–Kier alpha value is -0.600. The zero-order valence-electron chi connectivity index (χ0n) is 14.3. The average Bonchev–Trinajstić information content (AvgIpc) is 2.51. The van der Waals surface area contributed by atoms with E-state index in [0.29, 0.717) is 0 Å². The average molecular weight is 296 g/mol. The van der Waals surface area contributed by atoms with E-state index in [-0.39, 0.29) is 6.29 Å². The number of rotatable bonds is 16. The summed E-state index contributed by atoms with van der Waals surface area (Å²) < 4.78 is 10.4. The van der Waals surface area contributed by atoms with Gasteiger partial charge in [-0.3, -0.25) is 0 Å². The summed E-state index contributed by atoms with van der Waals surface area (Å²) in [7, 11) is 3.42. The molecule has 0 radical (unpaired) electrons. The first-order chi connectivity index (χ1) is 10.3. The van der Waals surface area contributed by atoms with Crippen LogP contribution in [0.3, 0.4) is 0 Å². The SMILES string of the molecule is C=C/C=C/CCCCCCCCCCCCC(OC)OC. The molecule has 0 fully saturated rings. The van der Waals surface area contributed by atoms with Crippen LogP contribution in [-0.2, 0) is 9.47 Å². The number of hydrogen-bond acceptors (Lipinski definition) is 2. The van der Waals surface area contributed by atoms with Gasteiger partial charge in [-0.2, -0.15) is 0 Å². The van der Waals surface area contributed by atoms with Crippen LogP contribution in [0.5, 0.6) is 0 Å². The first-order valence-corrected chi connectivity index (χ1v) is 8.68. The fourth-order valence-electron chi connectivity index (χ4n) is 2.51. The van der Waals surface area contributed by atoms with Gasteiger partial charge < -0.3 is 9.47 Å². The molecule has 0 saturated carbocycles. The van der Waals surface area contributed by atoms with Crippen molar-refractivity contribution < 1.29 is 9.47 Å². The summed E-state index contributed by atoms with van der Waals surface area (Å²) in [5.74, 6) is 0. The molecule has 0 aliphatic rings. The van der Waals surface area contributed by atoms with Crippen LogP contribution in [0.4, 0.5) is 0 Å². The fraction of sp³-hybridized carbons (Fsp3) is 0.789. The molecule has 0 bridgehead atoms. The van der Waals surface area contributed by atoms with Gasteiger partial charge in [0.15, 0.2) is 6.29 Å². The van der Waals surface area contributed by atoms with Crippen molar-refractivity contribution in [1.29, 1.82) is 0 Å². The summed E-state index contributed by atoms with van der Waals surface area (Å²) in [6.07, 6.45) is 21.9. The Bertz CT molecular complexity index is 232. The quantitative estimate of drug-likeness (QED) is 0.197. The smallest absolute Gasteiger partial charge is 0.156 e. The molecule has 2 nitrogen and oxygen atoms in total. The zero-order valence-corrected chi connectivity index (χ0v) is 14.3. The van der Waals surface area contributed by atoms with Crippen LogP contribution in [0.15, 0.2) is 24.8 Å². The molecule has 0 aliphatic carbocycles. The molecule has 0 saturated heterocycles. The van der Waals surface area contributed by atoms with Crippen LogP contribution in [-0.4, -0.2) is 20.5 Å². The third-order valence-corrected chi connectivity index (χ3v) is 3.86. The van der Waals surface area contributed by atoms with Gasteiger partial charge in [-0.1, -0.05) is 76.2 Å². The van der Waals surface area contributed by atoms with Crippen LogP contribution in [0.2, 0.25) is 0 Å². The zero-order chi connectivity index (χ0) is 15.6. The minimum Gasteiger partial charge on any atom is -0.356 e. The summed E-state index contributed by atoms with van der Waals surface area (Å²) >= 11 is 0. The number of ether oxygens (including phenoxy) is 2. The Morgan fingerprint density at radius 3 is 1.71 bits per heavy atom. The van der Waals surface area contributed by atoms with Crippen molar-refractivity contribution in [3.63, 3.8) is 0 Å². The Labute approximate surface area is 132 Å². The molecule has 0 heterocycles. The molecule has 0 aromatic carbocycles. The lowest BCUT2D eigenvalue weighted by molar-refractivity contribution is -0.107. The van der Waals surface area contributed by atoms with Crippen molar-refractivity contribution in [2.75, 3.05) is 14.2 Å². The van der Waals surface area contributed by atoms with Crippen LogP contribution >= 0.6 is 0 Å². The predicted octanol–water partition coefficient (Wildman–Crippen LogP) is 6.03. The molecule has 0 amide bonds. The van der Waals surface area contributed by atoms with Gasteiger partial charge in [0, 0.05) is 14.2 Å². The molecule has 0 aliphatic heterocycles. The van der Waals surface area contributed by atoms with Crippen LogP contribution in [0.1, 0.15) is 77.0 Å². The molecule has 0 aromatic heterocycles. The van der Waals surface area contributed by atoms with Gasteiger partial charge >= 0.3 is 0 Å². The minimum absolute atomic E-state index is 0.00803. The van der Waals surface area contributed by atoms with Crippen LogP contribution in [0, 0.1) is 0 Å². The van der Waals surface area contributed by atoms with Crippen LogP contribution in [0.25, 0.3) is 0 Å². The van der Waals surface area contributed by atoms with Crippen LogP contribution < -0.4 is 0 Å². The van der Waals surface area contributed by atoms with Crippen molar-refractivity contribution in [1.82, 2.24) is 0 Å². The van der Waals surface area contributed by atoms with Gasteiger partial charge in [0.1, 0.15) is 0 Å². The van der Waals surface area contributed by atoms with Crippen molar-refractivity contribution >= 4 is 0 Å². The summed E-state index contributed by atoms with van der Waals surface area (Å²) in [6, 6.07) is 0. The Morgan fingerprint density at radius 2 is 1.24 bits per heavy atom. The van der Waals surface area contributed by atoms with Crippen molar-refractivity contribution in [2.45, 2.75) is 83.3 Å². The highest BCUT2D eigenvalue weighted by molar-refractivity contribution is 4.96. The molecule has 21 heavy (non-hydrogen) atoms. The first kappa shape index (κ1) is 20.4. The molecule has 0 N–H and O–H groups in total. The molecule has 0 atom stereocenters. The Morgan fingerprint density at radius 1 is 0.762 bits per heavy atom. The van der Waals surface area contributed by atoms with Crippen molar-refractivity contribution in [3.8, 4) is 0 Å². The van der Waals surface area contributed by atoms with E-state index < -0.39 is 0 Å². The normalized spacial score (nSPS) is 11.6. The maximum atomic E-state index is 5.18. The summed E-state index contributed by atoms with van der Waals surface area (Å²) in [5, 5.41) is 0. The minimum atomic E-state index is -0.00803. The van der Waals surface area contributed by atoms with Crippen molar-refractivity contribution in [2.24, 2.45) is 0 Å². The second-order valence-corrected chi connectivity index (χ2v) is 5.68. The molecule has 0 aromatic rings. The van der Waals surface area contributed by atoms with E-state index in [1.807, 2.05) is 12.2 Å². The molecule has 2 heteroatoms. The monoisotopic (exact) mass is 296 g/mol. The Kier molecular flexibility index (Phi) is 17.0. The Balaban J connectivity index is 3.09. The number of methoxy groups -OCH3 is 2. The lowest BCUT2D eigenvalue weighted by Crippen LogP contribution is -2.12. The highest BCUT2D eigenvalue weighted by Crippen LogP contribution is 2.13. The van der Waals surface area contributed by atoms with Gasteiger partial charge in [-0.25, -0.2) is 0 Å². The summed E-state index contributed by atoms with van der Waals surface area (Å²) in [5.41, 5.74) is 0. The largest absolute Gasteiger partial charge is 0.356 e. The lowest BCUT2D eigenvalue weighted by atomic mass is 10.0. The third-order valence-electron chi connectivity index (χ3n) is 3.86. The van der Waals surface area contributed by atoms with E-state index in [0.717, 1.165) is 6.42 Å². The van der Waals surface area contributed by atoms with E-state index in [1.54, 1.807) is 14.2 Å². The summed E-state index contributed by atoms with van der Waals surface area (Å²) in [4.78, 5) is 0. The fourth-order valence-corrected chi connectivity index (χ4v) is 2.51. The standard InChI is InChI=1S/C19H36O2/c1-4-5-6-7-8-9-10-11-12-13-14-15-16-17-18-19(20-2)21-3/h4-6,19H,1,7-18H2,2-3H3/b6-5+. The van der Waals surface area contributed by atoms with E-state index >= 15 is 0 Å². The van der Waals surface area contributed by atoms with Gasteiger partial charge in [0.05, 0.1) is 0 Å². The van der Waals surface area contributed by atoms with E-state index in [2.05, 4.69) is 12.7 Å². The topological polar surface area (TPSA) is 18.5 Å². The van der Waals surface area contributed by atoms with Gasteiger partial charge in [-0.15, -0.1) is 0 Å². The van der Waals surface area contributed by atoms with E-state index in [1.165, 1.54) is 70.6 Å². The molecular formula is C19H36O2. The van der Waals surface area contributed by atoms with E-state index in [9.17, 15) is 0 Å². The maximum absolute atomic E-state index is 5.18. The number of unbranched alkanes of at least 4 members (excludes halogenated alkanes) is 10. The molecule has 0 rings (SSSR count). The predicted molar refractivity (Wildman–Crippen MR) is 92.5 cm³/mol. The highest BCUT2D eigenvalue weighted by Gasteiger charge is 2.03. The van der Waals surface area contributed by atoms with Gasteiger partial charge in [0.25, 0.3) is 0 Å². The molecule has 0 unspecified atom stereocenters. The second kappa shape index (κ2) is 17.5. The molecule has 0 spiro atoms. The highest BCUT2D eigenvalue weighted by atomic mass is 16.7. The number of allylic oxidation sites excluding steroid dienone is 3. The summed E-state index contributed by atoms with van der Waals surface area (Å²) in [6.45, 7) is 3.67. The number of hydrogen-bond donors (Lipinski definition) is 0. The third kappa shape index (κ3) is 15.6. The lowest BCUT2D eigenvalue weighted by Gasteiger charge is -2.12. The maximum Gasteiger partial charge on any atom is 0.156 e.